The van der Waals surface area contributed by atoms with Crippen LogP contribution in [0.15, 0.2) is 79.4 Å². The number of hydrogen-bond donors (Lipinski definition) is 0. The Labute approximate surface area is 246 Å². The molecular weight excluding hydrogens is 622 g/mol. The van der Waals surface area contributed by atoms with Crippen LogP contribution in [0.25, 0.3) is 0 Å². The second kappa shape index (κ2) is 13.7. The van der Waals surface area contributed by atoms with Crippen LogP contribution in [0.1, 0.15) is 27.6 Å². The molecule has 1 atom stereocenters. The molecule has 1 unspecified atom stereocenters. The van der Waals surface area contributed by atoms with Gasteiger partial charge >= 0.3 is 0 Å². The molecule has 0 saturated heterocycles. The summed E-state index contributed by atoms with van der Waals surface area (Å²) in [5.74, 6) is 0.698. The fourth-order valence-electron chi connectivity index (χ4n) is 3.70. The number of methoxy groups -OCH3 is 1. The van der Waals surface area contributed by atoms with Gasteiger partial charge in [0.25, 0.3) is 0 Å². The predicted molar refractivity (Wildman–Crippen MR) is 142 cm³/mol. The van der Waals surface area contributed by atoms with E-state index in [0.717, 1.165) is 11.1 Å². The highest BCUT2D eigenvalue weighted by molar-refractivity contribution is 6.35. The van der Waals surface area contributed by atoms with Gasteiger partial charge < -0.3 is 26.5 Å². The highest BCUT2D eigenvalue weighted by Gasteiger charge is 2.21. The normalized spacial score (nSPS) is 11.6. The van der Waals surface area contributed by atoms with Crippen molar-refractivity contribution in [3.05, 3.63) is 116 Å². The topological polar surface area (TPSA) is 44.3 Å². The molecule has 0 spiro atoms. The van der Waals surface area contributed by atoms with Crippen molar-refractivity contribution >= 4 is 52.2 Å². The van der Waals surface area contributed by atoms with Gasteiger partial charge in [0, 0.05) is 31.2 Å². The molecule has 3 aromatic carbocycles. The number of Topliss-reactive ketones (excluding diaryl/α,β-unsaturated/α-hetero) is 1. The van der Waals surface area contributed by atoms with E-state index in [2.05, 4.69) is 0 Å². The van der Waals surface area contributed by atoms with E-state index in [0.29, 0.717) is 37.9 Å². The molecule has 0 amide bonds. The first kappa shape index (κ1) is 29.5. The summed E-state index contributed by atoms with van der Waals surface area (Å²) in [5, 5.41) is 2.13. The molecule has 37 heavy (non-hydrogen) atoms. The van der Waals surface area contributed by atoms with Crippen LogP contribution in [0, 0.1) is 0 Å². The lowest BCUT2D eigenvalue weighted by molar-refractivity contribution is -0.704. The molecule has 0 aliphatic carbocycles. The van der Waals surface area contributed by atoms with Gasteiger partial charge in [-0.2, -0.15) is 0 Å². The van der Waals surface area contributed by atoms with E-state index in [9.17, 15) is 4.79 Å². The predicted octanol–water partition coefficient (Wildman–Crippen LogP) is 4.24. The number of benzene rings is 3. The smallest absolute Gasteiger partial charge is 0.244 e. The zero-order valence-corrected chi connectivity index (χ0v) is 24.3. The van der Waals surface area contributed by atoms with Gasteiger partial charge in [0.05, 0.1) is 13.7 Å². The maximum absolute atomic E-state index is 12.7. The highest BCUT2D eigenvalue weighted by atomic mass is 79.9. The summed E-state index contributed by atoms with van der Waals surface area (Å²) < 4.78 is 15.2. The maximum atomic E-state index is 12.7. The van der Waals surface area contributed by atoms with Crippen LogP contribution < -0.4 is 26.3 Å². The van der Waals surface area contributed by atoms with Gasteiger partial charge in [-0.25, -0.2) is 9.13 Å². The lowest BCUT2D eigenvalue weighted by atomic mass is 10.1. The van der Waals surface area contributed by atoms with Gasteiger partial charge in [0.15, 0.2) is 6.54 Å². The number of halogens is 5. The molecule has 0 bridgehead atoms. The van der Waals surface area contributed by atoms with Gasteiger partial charge in [-0.3, -0.25) is 4.79 Å². The standard InChI is InChI=1S/C27H23Cl4N2O3.BrH/c1-35-22-7-3-18(4-8-22)26(34)14-32-10-11-33(17-32)15-27(23-9-6-21(29)13-25(23)31)36-16-19-2-5-20(28)12-24(19)30;/h2-13,17,27H,14-16H2,1H3;1H/q+1;/p-1. The third kappa shape index (κ3) is 7.96. The number of carbonyl (C=O) groups is 1. The molecule has 5 nitrogen and oxygen atoms in total. The molecule has 4 aromatic rings. The monoisotopic (exact) mass is 642 g/mol. The van der Waals surface area contributed by atoms with Gasteiger partial charge in [0.2, 0.25) is 12.1 Å². The van der Waals surface area contributed by atoms with E-state index >= 15 is 0 Å². The molecule has 0 saturated carbocycles. The van der Waals surface area contributed by atoms with E-state index in [4.69, 9.17) is 55.9 Å². The van der Waals surface area contributed by atoms with Crippen molar-refractivity contribution in [3.63, 3.8) is 0 Å². The Bertz CT molecular complexity index is 1360. The third-order valence-corrected chi connectivity index (χ3v) is 6.77. The van der Waals surface area contributed by atoms with Gasteiger partial charge in [-0.05, 0) is 54.1 Å². The second-order valence-corrected chi connectivity index (χ2v) is 9.82. The molecule has 0 N–H and O–H groups in total. The summed E-state index contributed by atoms with van der Waals surface area (Å²) >= 11 is 25.0. The molecule has 10 heteroatoms. The van der Waals surface area contributed by atoms with Gasteiger partial charge in [0.1, 0.15) is 30.8 Å². The number of carbonyl (C=O) groups excluding carboxylic acids is 1. The Kier molecular flexibility index (Phi) is 10.9. The largest absolute Gasteiger partial charge is 1.00 e. The first-order valence-corrected chi connectivity index (χ1v) is 12.6. The summed E-state index contributed by atoms with van der Waals surface area (Å²) in [6.07, 6.45) is 5.19. The van der Waals surface area contributed by atoms with Crippen molar-refractivity contribution in [2.75, 3.05) is 7.11 Å². The van der Waals surface area contributed by atoms with Crippen LogP contribution in [0.4, 0.5) is 0 Å². The molecule has 1 aromatic heterocycles. The van der Waals surface area contributed by atoms with Crippen LogP contribution in [0.2, 0.25) is 20.1 Å². The molecule has 4 rings (SSSR count). The number of nitrogens with zero attached hydrogens (tertiary/aromatic N) is 2. The average Bonchev–Trinajstić information content (AvgIpc) is 3.29. The highest BCUT2D eigenvalue weighted by Crippen LogP contribution is 2.31. The fourth-order valence-corrected chi connectivity index (χ4v) is 4.69. The lowest BCUT2D eigenvalue weighted by Crippen LogP contribution is -3.00. The molecule has 1 heterocycles. The van der Waals surface area contributed by atoms with Crippen LogP contribution in [-0.4, -0.2) is 17.5 Å². The number of ketones is 1. The molecule has 0 fully saturated rings. The number of aromatic nitrogens is 2. The Morgan fingerprint density at radius 1 is 0.946 bits per heavy atom. The van der Waals surface area contributed by atoms with Crippen LogP contribution in [0.3, 0.4) is 0 Å². The minimum atomic E-state index is -0.403. The number of hydrogen-bond acceptors (Lipinski definition) is 3. The van der Waals surface area contributed by atoms with Gasteiger partial charge in [-0.1, -0.05) is 58.5 Å². The van der Waals surface area contributed by atoms with Crippen molar-refractivity contribution in [2.24, 2.45) is 0 Å². The summed E-state index contributed by atoms with van der Waals surface area (Å²) in [5.41, 5.74) is 2.22. The quantitative estimate of drug-likeness (QED) is 0.192. The van der Waals surface area contributed by atoms with Crippen molar-refractivity contribution in [3.8, 4) is 5.75 Å². The minimum absolute atomic E-state index is 0. The van der Waals surface area contributed by atoms with Gasteiger partial charge in [-0.15, -0.1) is 0 Å². The Morgan fingerprint density at radius 3 is 2.27 bits per heavy atom. The Morgan fingerprint density at radius 2 is 1.62 bits per heavy atom. The van der Waals surface area contributed by atoms with Crippen molar-refractivity contribution in [1.29, 1.82) is 0 Å². The summed E-state index contributed by atoms with van der Waals surface area (Å²) in [4.78, 5) is 12.7. The Balaban J connectivity index is 0.00000380. The first-order chi connectivity index (χ1) is 17.3. The molecule has 0 aliphatic rings. The van der Waals surface area contributed by atoms with E-state index in [-0.39, 0.29) is 35.9 Å². The summed E-state index contributed by atoms with van der Waals surface area (Å²) in [6, 6.07) is 17.7. The van der Waals surface area contributed by atoms with E-state index in [1.807, 2.05) is 40.0 Å². The average molecular weight is 645 g/mol. The van der Waals surface area contributed by atoms with Crippen LogP contribution >= 0.6 is 46.4 Å². The van der Waals surface area contributed by atoms with Crippen LogP contribution in [0.5, 0.6) is 5.75 Å². The van der Waals surface area contributed by atoms with Crippen molar-refractivity contribution in [1.82, 2.24) is 4.57 Å². The van der Waals surface area contributed by atoms with Crippen molar-refractivity contribution in [2.45, 2.75) is 25.8 Å². The van der Waals surface area contributed by atoms with E-state index < -0.39 is 6.10 Å². The molecular formula is C27H23BrCl4N2O3. The molecule has 194 valence electrons. The lowest BCUT2D eigenvalue weighted by Gasteiger charge is -2.19. The zero-order valence-electron chi connectivity index (χ0n) is 19.7. The fraction of sp³-hybridized carbons (Fsp3) is 0.185. The van der Waals surface area contributed by atoms with Crippen molar-refractivity contribution < 1.29 is 35.8 Å². The SMILES string of the molecule is COc1ccc(C(=O)Cn2cc[n+](CC(OCc3ccc(Cl)cc3Cl)c3ccc(Cl)cc3Cl)c2)cc1.[Br-]. The van der Waals surface area contributed by atoms with E-state index in [1.54, 1.807) is 55.6 Å². The first-order valence-electron chi connectivity index (χ1n) is 11.0. The number of imidazole rings is 1. The van der Waals surface area contributed by atoms with Crippen LogP contribution in [-0.2, 0) is 24.4 Å². The Hall–Kier alpha value is -2.06. The molecule has 0 radical (unpaired) electrons. The third-order valence-electron chi connectivity index (χ3n) is 5.63. The maximum Gasteiger partial charge on any atom is 0.244 e. The summed E-state index contributed by atoms with van der Waals surface area (Å²) in [7, 11) is 1.59. The zero-order chi connectivity index (χ0) is 25.7. The summed E-state index contributed by atoms with van der Waals surface area (Å²) in [6.45, 7) is 0.917. The molecule has 0 aliphatic heterocycles. The van der Waals surface area contributed by atoms with E-state index in [1.165, 1.54) is 0 Å². The number of ether oxygens (including phenoxy) is 2. The minimum Gasteiger partial charge on any atom is -1.00 e. The number of rotatable bonds is 10. The second-order valence-electron chi connectivity index (χ2n) is 8.14.